The van der Waals surface area contributed by atoms with Crippen molar-refractivity contribution in [2.45, 2.75) is 76.9 Å². The Bertz CT molecular complexity index is 479. The summed E-state index contributed by atoms with van der Waals surface area (Å²) in [5, 5.41) is 27.1. The van der Waals surface area contributed by atoms with E-state index in [-0.39, 0.29) is 18.7 Å². The highest BCUT2D eigenvalue weighted by molar-refractivity contribution is 5.69. The van der Waals surface area contributed by atoms with Gasteiger partial charge in [0, 0.05) is 6.42 Å². The summed E-state index contributed by atoms with van der Waals surface area (Å²) in [5.41, 5.74) is 0. The van der Waals surface area contributed by atoms with Gasteiger partial charge in [-0.1, -0.05) is 55.5 Å². The number of hydrogen-bond acceptors (Lipinski definition) is 5. The predicted molar refractivity (Wildman–Crippen MR) is 114 cm³/mol. The first-order valence-electron chi connectivity index (χ1n) is 10.3. The molecule has 2 atom stereocenters. The van der Waals surface area contributed by atoms with Crippen LogP contribution in [0.1, 0.15) is 64.7 Å². The summed E-state index contributed by atoms with van der Waals surface area (Å²) in [6.07, 6.45) is 22.9. The highest BCUT2D eigenvalue weighted by Crippen LogP contribution is 2.03. The molecule has 0 aliphatic heterocycles. The molecule has 0 saturated carbocycles. The van der Waals surface area contributed by atoms with E-state index in [1.165, 1.54) is 0 Å². The average Bonchev–Trinajstić information content (AvgIpc) is 2.71. The summed E-state index contributed by atoms with van der Waals surface area (Å²) in [6, 6.07) is 0. The Labute approximate surface area is 170 Å². The lowest BCUT2D eigenvalue weighted by Gasteiger charge is -2.07. The molecule has 0 rings (SSSR count). The van der Waals surface area contributed by atoms with Crippen molar-refractivity contribution < 1.29 is 24.9 Å². The third kappa shape index (κ3) is 19.1. The van der Waals surface area contributed by atoms with Crippen LogP contribution < -0.4 is 0 Å². The van der Waals surface area contributed by atoms with Gasteiger partial charge in [0.2, 0.25) is 0 Å². The van der Waals surface area contributed by atoms with E-state index in [9.17, 15) is 9.90 Å². The number of hydrogen-bond donors (Lipinski definition) is 3. The normalized spacial score (nSPS) is 14.6. The Kier molecular flexibility index (Phi) is 18.8. The second-order valence-corrected chi connectivity index (χ2v) is 6.64. The van der Waals surface area contributed by atoms with Crippen molar-refractivity contribution in [3.8, 4) is 0 Å². The molecular weight excluding hydrogens is 356 g/mol. The lowest BCUT2D eigenvalue weighted by molar-refractivity contribution is -0.147. The maximum atomic E-state index is 11.4. The summed E-state index contributed by atoms with van der Waals surface area (Å²) < 4.78 is 4.82. The fourth-order valence-corrected chi connectivity index (χ4v) is 2.22. The molecule has 160 valence electrons. The molecule has 0 aromatic rings. The first-order chi connectivity index (χ1) is 13.6. The van der Waals surface area contributed by atoms with E-state index in [1.54, 1.807) is 0 Å². The summed E-state index contributed by atoms with van der Waals surface area (Å²) in [7, 11) is 0. The van der Waals surface area contributed by atoms with Crippen LogP contribution in [-0.4, -0.2) is 46.7 Å². The molecule has 0 fully saturated rings. The molecule has 0 heterocycles. The third-order valence-corrected chi connectivity index (χ3v) is 4.02. The minimum absolute atomic E-state index is 0.149. The van der Waals surface area contributed by atoms with Crippen molar-refractivity contribution in [2.75, 3.05) is 13.2 Å². The van der Waals surface area contributed by atoms with Gasteiger partial charge >= 0.3 is 5.97 Å². The maximum Gasteiger partial charge on any atom is 0.305 e. The Morgan fingerprint density at radius 2 is 1.39 bits per heavy atom. The van der Waals surface area contributed by atoms with Gasteiger partial charge in [0.25, 0.3) is 0 Å². The van der Waals surface area contributed by atoms with E-state index in [4.69, 9.17) is 14.9 Å². The second-order valence-electron chi connectivity index (χ2n) is 6.64. The number of ether oxygens (including phenoxy) is 1. The lowest BCUT2D eigenvalue weighted by atomic mass is 10.1. The van der Waals surface area contributed by atoms with Crippen LogP contribution in [0.5, 0.6) is 0 Å². The van der Waals surface area contributed by atoms with Crippen LogP contribution in [0.15, 0.2) is 48.6 Å². The quantitative estimate of drug-likeness (QED) is 0.197. The van der Waals surface area contributed by atoms with E-state index in [0.717, 1.165) is 44.9 Å². The van der Waals surface area contributed by atoms with E-state index >= 15 is 0 Å². The van der Waals surface area contributed by atoms with Crippen molar-refractivity contribution in [1.82, 2.24) is 0 Å². The van der Waals surface area contributed by atoms with Crippen LogP contribution in [0.25, 0.3) is 0 Å². The minimum Gasteiger partial charge on any atom is -0.463 e. The zero-order chi connectivity index (χ0) is 20.9. The molecule has 0 aromatic carbocycles. The van der Waals surface area contributed by atoms with Crippen LogP contribution in [-0.2, 0) is 9.53 Å². The van der Waals surface area contributed by atoms with Gasteiger partial charge in [-0.25, -0.2) is 0 Å². The molecule has 0 amide bonds. The largest absolute Gasteiger partial charge is 0.463 e. The number of unbranched alkanes of at least 4 members (excludes halogenated alkanes) is 1. The summed E-state index contributed by atoms with van der Waals surface area (Å²) in [6.45, 7) is 1.44. The first-order valence-corrected chi connectivity index (χ1v) is 10.3. The number of aliphatic hydroxyl groups excluding tert-OH is 3. The highest BCUT2D eigenvalue weighted by Gasteiger charge is 2.06. The van der Waals surface area contributed by atoms with Crippen LogP contribution in [0.2, 0.25) is 0 Å². The summed E-state index contributed by atoms with van der Waals surface area (Å²) in [4.78, 5) is 11.4. The van der Waals surface area contributed by atoms with Crippen molar-refractivity contribution >= 4 is 5.97 Å². The Balaban J connectivity index is 3.53. The molecule has 28 heavy (non-hydrogen) atoms. The number of esters is 1. The van der Waals surface area contributed by atoms with Crippen molar-refractivity contribution in [3.63, 3.8) is 0 Å². The number of carbonyl (C=O) groups excluding carboxylic acids is 1. The van der Waals surface area contributed by atoms with Crippen molar-refractivity contribution in [3.05, 3.63) is 48.6 Å². The molecule has 0 aromatic heterocycles. The predicted octanol–water partition coefficient (Wildman–Crippen LogP) is 4.00. The number of rotatable bonds is 17. The van der Waals surface area contributed by atoms with Gasteiger partial charge in [-0.2, -0.15) is 0 Å². The highest BCUT2D eigenvalue weighted by atomic mass is 16.5. The fraction of sp³-hybridized carbons (Fsp3) is 0.609. The summed E-state index contributed by atoms with van der Waals surface area (Å²) in [5.74, 6) is -0.346. The van der Waals surface area contributed by atoms with Gasteiger partial charge in [-0.15, -0.1) is 0 Å². The number of carbonyl (C=O) groups is 1. The molecule has 5 heteroatoms. The van der Waals surface area contributed by atoms with Crippen LogP contribution >= 0.6 is 0 Å². The molecule has 0 aliphatic carbocycles. The SMILES string of the molecule is CC[C@H](O)CC/C=C\C/C=C\C/C=C\C/C=C\CCCC(=O)OC[C@@H](O)CO. The van der Waals surface area contributed by atoms with Gasteiger partial charge in [-0.3, -0.25) is 4.79 Å². The second kappa shape index (κ2) is 20.1. The average molecular weight is 395 g/mol. The maximum absolute atomic E-state index is 11.4. The zero-order valence-corrected chi connectivity index (χ0v) is 17.2. The van der Waals surface area contributed by atoms with Gasteiger partial charge in [-0.05, 0) is 51.4 Å². The fourth-order valence-electron chi connectivity index (χ4n) is 2.22. The zero-order valence-electron chi connectivity index (χ0n) is 17.2. The molecule has 0 unspecified atom stereocenters. The van der Waals surface area contributed by atoms with E-state index in [0.29, 0.717) is 12.8 Å². The van der Waals surface area contributed by atoms with Gasteiger partial charge in [0.05, 0.1) is 12.7 Å². The smallest absolute Gasteiger partial charge is 0.305 e. The number of allylic oxidation sites excluding steroid dienone is 8. The molecular formula is C23H38O5. The van der Waals surface area contributed by atoms with Crippen LogP contribution in [0, 0.1) is 0 Å². The molecule has 0 aliphatic rings. The van der Waals surface area contributed by atoms with Gasteiger partial charge in [0.15, 0.2) is 0 Å². The molecule has 0 saturated heterocycles. The Hall–Kier alpha value is -1.69. The molecule has 5 nitrogen and oxygen atoms in total. The Morgan fingerprint density at radius 3 is 1.93 bits per heavy atom. The lowest BCUT2D eigenvalue weighted by Crippen LogP contribution is -2.21. The van der Waals surface area contributed by atoms with Gasteiger partial charge in [0.1, 0.15) is 12.7 Å². The van der Waals surface area contributed by atoms with Crippen molar-refractivity contribution in [2.24, 2.45) is 0 Å². The van der Waals surface area contributed by atoms with E-state index in [1.807, 2.05) is 6.92 Å². The third-order valence-electron chi connectivity index (χ3n) is 4.02. The number of aliphatic hydroxyl groups is 3. The molecule has 3 N–H and O–H groups in total. The minimum atomic E-state index is -0.993. The first kappa shape index (κ1) is 26.3. The summed E-state index contributed by atoms with van der Waals surface area (Å²) >= 11 is 0. The van der Waals surface area contributed by atoms with Gasteiger partial charge < -0.3 is 20.1 Å². The molecule has 0 radical (unpaired) electrons. The standard InChI is InChI=1S/C23H38O5/c1-2-21(25)17-15-13-11-9-7-5-3-4-6-8-10-12-14-16-18-23(27)28-20-22(26)19-24/h4-7,10-13,21-22,24-26H,2-3,8-9,14-20H2,1H3/b6-4-,7-5-,12-10-,13-11-/t21-,22-/m0/s1. The Morgan fingerprint density at radius 1 is 0.857 bits per heavy atom. The topological polar surface area (TPSA) is 87.0 Å². The van der Waals surface area contributed by atoms with E-state index in [2.05, 4.69) is 48.6 Å². The molecule has 0 spiro atoms. The van der Waals surface area contributed by atoms with Crippen LogP contribution in [0.4, 0.5) is 0 Å². The van der Waals surface area contributed by atoms with Crippen LogP contribution in [0.3, 0.4) is 0 Å². The van der Waals surface area contributed by atoms with E-state index < -0.39 is 12.7 Å². The monoisotopic (exact) mass is 394 g/mol. The molecule has 0 bridgehead atoms. The van der Waals surface area contributed by atoms with Crippen molar-refractivity contribution in [1.29, 1.82) is 0 Å².